The van der Waals surface area contributed by atoms with Gasteiger partial charge in [0.15, 0.2) is 17.2 Å². The third-order valence-corrected chi connectivity index (χ3v) is 6.53. The molecule has 4 aromatic rings. The molecule has 1 aliphatic carbocycles. The Hall–Kier alpha value is -3.60. The largest absolute Gasteiger partial charge is 0.383 e. The van der Waals surface area contributed by atoms with Crippen molar-refractivity contribution in [2.45, 2.75) is 45.6 Å². The predicted molar refractivity (Wildman–Crippen MR) is 128 cm³/mol. The SMILES string of the molecule is Cc1nc(-c2c(-c3nn(C(C)C)c4ncnc(N)c34)noc2C2CC2)ncc1N1CCNCC1. The van der Waals surface area contributed by atoms with E-state index in [9.17, 15) is 0 Å². The van der Waals surface area contributed by atoms with Crippen LogP contribution in [0.15, 0.2) is 17.0 Å². The lowest BCUT2D eigenvalue weighted by molar-refractivity contribution is 0.386. The van der Waals surface area contributed by atoms with E-state index in [2.05, 4.69) is 39.2 Å². The van der Waals surface area contributed by atoms with Gasteiger partial charge in [-0.2, -0.15) is 5.10 Å². The Kier molecular flexibility index (Phi) is 4.94. The summed E-state index contributed by atoms with van der Waals surface area (Å²) in [7, 11) is 0. The maximum absolute atomic E-state index is 6.30. The number of nitrogens with zero attached hydrogens (tertiary/aromatic N) is 8. The maximum Gasteiger partial charge on any atom is 0.165 e. The average molecular weight is 461 g/mol. The number of nitrogens with one attached hydrogen (secondary N) is 1. The molecule has 0 aromatic carbocycles. The molecule has 2 fully saturated rings. The Morgan fingerprint density at radius 2 is 1.91 bits per heavy atom. The molecule has 4 aromatic heterocycles. The van der Waals surface area contributed by atoms with E-state index < -0.39 is 0 Å². The van der Waals surface area contributed by atoms with Crippen LogP contribution in [0, 0.1) is 6.92 Å². The molecule has 3 N–H and O–H groups in total. The van der Waals surface area contributed by atoms with Crippen LogP contribution in [0.1, 0.15) is 50.1 Å². The molecule has 5 heterocycles. The number of nitrogens with two attached hydrogens (primary N) is 1. The molecule has 0 unspecified atom stereocenters. The number of fused-ring (bicyclic) bond motifs is 1. The summed E-state index contributed by atoms with van der Waals surface area (Å²) in [6.45, 7) is 9.92. The zero-order valence-electron chi connectivity index (χ0n) is 19.6. The Labute approximate surface area is 196 Å². The normalized spacial score (nSPS) is 16.6. The molecule has 0 amide bonds. The third-order valence-electron chi connectivity index (χ3n) is 6.53. The van der Waals surface area contributed by atoms with Gasteiger partial charge in [0.1, 0.15) is 23.5 Å². The zero-order valence-corrected chi connectivity index (χ0v) is 19.6. The summed E-state index contributed by atoms with van der Waals surface area (Å²) in [5, 5.41) is 13.4. The van der Waals surface area contributed by atoms with Crippen LogP contribution in [-0.2, 0) is 0 Å². The second-order valence-electron chi connectivity index (χ2n) is 9.29. The van der Waals surface area contributed by atoms with E-state index in [4.69, 9.17) is 25.3 Å². The highest BCUT2D eigenvalue weighted by Crippen LogP contribution is 2.48. The zero-order chi connectivity index (χ0) is 23.4. The molecule has 2 aliphatic rings. The molecule has 0 atom stereocenters. The maximum atomic E-state index is 6.30. The molecular formula is C23H28N10O. The summed E-state index contributed by atoms with van der Waals surface area (Å²) < 4.78 is 7.74. The second kappa shape index (κ2) is 8.01. The van der Waals surface area contributed by atoms with Crippen molar-refractivity contribution < 1.29 is 4.52 Å². The summed E-state index contributed by atoms with van der Waals surface area (Å²) in [4.78, 5) is 20.7. The molecule has 1 saturated heterocycles. The second-order valence-corrected chi connectivity index (χ2v) is 9.29. The van der Waals surface area contributed by atoms with Gasteiger partial charge in [0.05, 0.1) is 28.5 Å². The standard InChI is InChI=1S/C23H28N10O/c1-12(2)33-23-17(21(24)27-11-28-23)18(30-33)19-16(20(34-31-19)14-4-5-14)22-26-10-15(13(3)29-22)32-8-6-25-7-9-32/h10-12,14,25H,4-9H2,1-3H3,(H2,24,27,28). The molecule has 1 aliphatic heterocycles. The molecule has 1 saturated carbocycles. The highest BCUT2D eigenvalue weighted by atomic mass is 16.5. The van der Waals surface area contributed by atoms with Crippen LogP contribution in [-0.4, -0.2) is 61.1 Å². The number of aromatic nitrogens is 7. The van der Waals surface area contributed by atoms with Gasteiger partial charge in [-0.05, 0) is 33.6 Å². The predicted octanol–water partition coefficient (Wildman–Crippen LogP) is 2.70. The van der Waals surface area contributed by atoms with E-state index in [1.165, 1.54) is 6.33 Å². The topological polar surface area (TPSA) is 137 Å². The summed E-state index contributed by atoms with van der Waals surface area (Å²) in [6.07, 6.45) is 5.50. The molecule has 0 bridgehead atoms. The fourth-order valence-corrected chi connectivity index (χ4v) is 4.62. The van der Waals surface area contributed by atoms with Crippen molar-refractivity contribution in [3.05, 3.63) is 24.0 Å². The lowest BCUT2D eigenvalue weighted by atomic mass is 10.1. The lowest BCUT2D eigenvalue weighted by Gasteiger charge is -2.30. The molecule has 6 rings (SSSR count). The van der Waals surface area contributed by atoms with Gasteiger partial charge in [0.25, 0.3) is 0 Å². The van der Waals surface area contributed by atoms with Gasteiger partial charge in [-0.1, -0.05) is 5.16 Å². The first kappa shape index (κ1) is 21.0. The summed E-state index contributed by atoms with van der Waals surface area (Å²) >= 11 is 0. The van der Waals surface area contributed by atoms with E-state index in [1.807, 2.05) is 17.8 Å². The Morgan fingerprint density at radius 3 is 2.62 bits per heavy atom. The van der Waals surface area contributed by atoms with Crippen LogP contribution < -0.4 is 16.0 Å². The van der Waals surface area contributed by atoms with Crippen LogP contribution in [0.5, 0.6) is 0 Å². The average Bonchev–Trinajstić information content (AvgIpc) is 3.45. The molecule has 0 spiro atoms. The smallest absolute Gasteiger partial charge is 0.165 e. The van der Waals surface area contributed by atoms with Gasteiger partial charge in [-0.3, -0.25) is 0 Å². The Morgan fingerprint density at radius 1 is 1.12 bits per heavy atom. The van der Waals surface area contributed by atoms with Crippen molar-refractivity contribution >= 4 is 22.5 Å². The van der Waals surface area contributed by atoms with Crippen molar-refractivity contribution in [3.63, 3.8) is 0 Å². The van der Waals surface area contributed by atoms with Gasteiger partial charge in [0.2, 0.25) is 0 Å². The first-order valence-electron chi connectivity index (χ1n) is 11.8. The van der Waals surface area contributed by atoms with Crippen LogP contribution >= 0.6 is 0 Å². The fourth-order valence-electron chi connectivity index (χ4n) is 4.62. The van der Waals surface area contributed by atoms with E-state index in [-0.39, 0.29) is 6.04 Å². The minimum Gasteiger partial charge on any atom is -0.383 e. The molecule has 11 heteroatoms. The van der Waals surface area contributed by atoms with Gasteiger partial charge in [0, 0.05) is 38.1 Å². The number of anilines is 2. The number of rotatable bonds is 5. The minimum absolute atomic E-state index is 0.0839. The third kappa shape index (κ3) is 3.38. The van der Waals surface area contributed by atoms with Crippen LogP contribution in [0.4, 0.5) is 11.5 Å². The van der Waals surface area contributed by atoms with Gasteiger partial charge in [-0.15, -0.1) is 0 Å². The lowest BCUT2D eigenvalue weighted by Crippen LogP contribution is -2.43. The van der Waals surface area contributed by atoms with E-state index in [1.54, 1.807) is 0 Å². The molecule has 176 valence electrons. The Bertz CT molecular complexity index is 1360. The summed E-state index contributed by atoms with van der Waals surface area (Å²) in [5.74, 6) is 2.09. The first-order chi connectivity index (χ1) is 16.5. The van der Waals surface area contributed by atoms with Crippen molar-refractivity contribution in [2.75, 3.05) is 36.8 Å². The van der Waals surface area contributed by atoms with E-state index >= 15 is 0 Å². The number of nitrogen functional groups attached to an aromatic ring is 1. The van der Waals surface area contributed by atoms with Gasteiger partial charge < -0.3 is 20.5 Å². The first-order valence-corrected chi connectivity index (χ1v) is 11.8. The molecular weight excluding hydrogens is 432 g/mol. The van der Waals surface area contributed by atoms with Crippen molar-refractivity contribution in [1.29, 1.82) is 0 Å². The van der Waals surface area contributed by atoms with Crippen LogP contribution in [0.2, 0.25) is 0 Å². The highest BCUT2D eigenvalue weighted by Gasteiger charge is 2.36. The van der Waals surface area contributed by atoms with Crippen molar-refractivity contribution in [2.24, 2.45) is 0 Å². The summed E-state index contributed by atoms with van der Waals surface area (Å²) in [6, 6.07) is 0.0839. The van der Waals surface area contributed by atoms with E-state index in [0.717, 1.165) is 61.7 Å². The van der Waals surface area contributed by atoms with Gasteiger partial charge >= 0.3 is 0 Å². The monoisotopic (exact) mass is 460 g/mol. The highest BCUT2D eigenvalue weighted by molar-refractivity contribution is 6.00. The number of piperazine rings is 1. The van der Waals surface area contributed by atoms with E-state index in [0.29, 0.717) is 40.0 Å². The van der Waals surface area contributed by atoms with Crippen LogP contribution in [0.3, 0.4) is 0 Å². The fraction of sp³-hybridized carbons (Fsp3) is 0.478. The summed E-state index contributed by atoms with van der Waals surface area (Å²) in [5.41, 5.74) is 10.9. The quantitative estimate of drug-likeness (QED) is 0.457. The van der Waals surface area contributed by atoms with Crippen LogP contribution in [0.25, 0.3) is 33.8 Å². The molecule has 0 radical (unpaired) electrons. The molecule has 34 heavy (non-hydrogen) atoms. The number of aryl methyl sites for hydroxylation is 1. The van der Waals surface area contributed by atoms with Crippen molar-refractivity contribution in [1.82, 2.24) is 40.2 Å². The van der Waals surface area contributed by atoms with Gasteiger partial charge in [-0.25, -0.2) is 24.6 Å². The Balaban J connectivity index is 1.52. The number of hydrogen-bond acceptors (Lipinski definition) is 10. The molecule has 11 nitrogen and oxygen atoms in total. The number of hydrogen-bond donors (Lipinski definition) is 2. The minimum atomic E-state index is 0.0839. The van der Waals surface area contributed by atoms with Crippen molar-refractivity contribution in [3.8, 4) is 22.8 Å².